The monoisotopic (exact) mass is 322 g/mol. The molecule has 3 aromatic rings. The standard InChI is InChI=1S/C20H22N2O2/c1-3-19-21-17-7-5-6-8-18(17)22(19)16-11-9-15(10-12-16)13-14-24-20(23)4-2/h5-12H,3-4,13-14H2,1-2H3. The SMILES string of the molecule is CCC(=O)OCCc1ccc(-n2c(CC)nc3ccccc32)cc1. The summed E-state index contributed by atoms with van der Waals surface area (Å²) in [6.07, 6.45) is 2.03. The lowest BCUT2D eigenvalue weighted by atomic mass is 10.1. The van der Waals surface area contributed by atoms with Crippen LogP contribution in [0.2, 0.25) is 0 Å². The van der Waals surface area contributed by atoms with Crippen LogP contribution in [0.1, 0.15) is 31.7 Å². The molecule has 0 aliphatic heterocycles. The molecule has 0 unspecified atom stereocenters. The Balaban J connectivity index is 1.82. The van der Waals surface area contributed by atoms with E-state index in [0.717, 1.165) is 41.0 Å². The van der Waals surface area contributed by atoms with Gasteiger partial charge in [0.2, 0.25) is 0 Å². The first-order valence-corrected chi connectivity index (χ1v) is 8.44. The zero-order valence-corrected chi connectivity index (χ0v) is 14.2. The Morgan fingerprint density at radius 3 is 2.54 bits per heavy atom. The molecule has 0 fully saturated rings. The van der Waals surface area contributed by atoms with Crippen molar-refractivity contribution in [1.29, 1.82) is 0 Å². The van der Waals surface area contributed by atoms with Crippen molar-refractivity contribution >= 4 is 17.0 Å². The van der Waals surface area contributed by atoms with Crippen molar-refractivity contribution in [3.8, 4) is 5.69 Å². The van der Waals surface area contributed by atoms with Gasteiger partial charge in [0.1, 0.15) is 5.82 Å². The van der Waals surface area contributed by atoms with Gasteiger partial charge < -0.3 is 4.74 Å². The van der Waals surface area contributed by atoms with Crippen LogP contribution in [0.25, 0.3) is 16.7 Å². The molecule has 0 amide bonds. The fourth-order valence-corrected chi connectivity index (χ4v) is 2.80. The summed E-state index contributed by atoms with van der Waals surface area (Å²) in [4.78, 5) is 15.9. The highest BCUT2D eigenvalue weighted by molar-refractivity contribution is 5.78. The molecule has 2 aromatic carbocycles. The average molecular weight is 322 g/mol. The Labute approximate surface area is 142 Å². The van der Waals surface area contributed by atoms with Crippen molar-refractivity contribution in [3.05, 3.63) is 59.9 Å². The Morgan fingerprint density at radius 1 is 1.08 bits per heavy atom. The van der Waals surface area contributed by atoms with Gasteiger partial charge in [0, 0.05) is 24.9 Å². The topological polar surface area (TPSA) is 44.1 Å². The van der Waals surface area contributed by atoms with Crippen molar-refractivity contribution in [3.63, 3.8) is 0 Å². The summed E-state index contributed by atoms with van der Waals surface area (Å²) in [5, 5.41) is 0. The van der Waals surface area contributed by atoms with E-state index >= 15 is 0 Å². The van der Waals surface area contributed by atoms with E-state index in [2.05, 4.69) is 41.8 Å². The second kappa shape index (κ2) is 7.30. The van der Waals surface area contributed by atoms with E-state index in [9.17, 15) is 4.79 Å². The van der Waals surface area contributed by atoms with Crippen LogP contribution in [0, 0.1) is 0 Å². The third kappa shape index (κ3) is 3.32. The fourth-order valence-electron chi connectivity index (χ4n) is 2.80. The lowest BCUT2D eigenvalue weighted by molar-refractivity contribution is -0.143. The number of carbonyl (C=O) groups is 1. The maximum Gasteiger partial charge on any atom is 0.305 e. The highest BCUT2D eigenvalue weighted by Crippen LogP contribution is 2.22. The Bertz CT molecular complexity index is 834. The van der Waals surface area contributed by atoms with E-state index in [-0.39, 0.29) is 5.97 Å². The Morgan fingerprint density at radius 2 is 1.83 bits per heavy atom. The highest BCUT2D eigenvalue weighted by Gasteiger charge is 2.10. The van der Waals surface area contributed by atoms with Crippen molar-refractivity contribution in [2.45, 2.75) is 33.1 Å². The van der Waals surface area contributed by atoms with Crippen molar-refractivity contribution < 1.29 is 9.53 Å². The predicted octanol–water partition coefficient (Wildman–Crippen LogP) is 4.08. The number of fused-ring (bicyclic) bond motifs is 1. The van der Waals surface area contributed by atoms with Gasteiger partial charge in [-0.05, 0) is 29.8 Å². The molecule has 0 aliphatic rings. The first kappa shape index (κ1) is 16.2. The van der Waals surface area contributed by atoms with Crippen LogP contribution in [0.15, 0.2) is 48.5 Å². The lowest BCUT2D eigenvalue weighted by Gasteiger charge is -2.09. The number of hydrogen-bond donors (Lipinski definition) is 0. The molecule has 1 heterocycles. The van der Waals surface area contributed by atoms with Crippen LogP contribution >= 0.6 is 0 Å². The summed E-state index contributed by atoms with van der Waals surface area (Å²) < 4.78 is 7.34. The summed E-state index contributed by atoms with van der Waals surface area (Å²) in [5.74, 6) is 0.907. The molecule has 0 radical (unpaired) electrons. The number of aryl methyl sites for hydroxylation is 1. The number of imidazole rings is 1. The van der Waals surface area contributed by atoms with Crippen molar-refractivity contribution in [2.24, 2.45) is 0 Å². The minimum absolute atomic E-state index is 0.149. The number of benzene rings is 2. The minimum atomic E-state index is -0.149. The van der Waals surface area contributed by atoms with Crippen LogP contribution in [-0.2, 0) is 22.4 Å². The number of esters is 1. The molecule has 4 heteroatoms. The molecule has 0 N–H and O–H groups in total. The molecular formula is C20H22N2O2. The molecule has 124 valence electrons. The number of hydrogen-bond acceptors (Lipinski definition) is 3. The largest absolute Gasteiger partial charge is 0.465 e. The zero-order valence-electron chi connectivity index (χ0n) is 14.2. The molecule has 0 bridgehead atoms. The number of rotatable bonds is 6. The van der Waals surface area contributed by atoms with Gasteiger partial charge in [-0.25, -0.2) is 4.98 Å². The average Bonchev–Trinajstić information content (AvgIpc) is 3.00. The number of aromatic nitrogens is 2. The summed E-state index contributed by atoms with van der Waals surface area (Å²) in [6.45, 7) is 4.35. The number of carbonyl (C=O) groups excluding carboxylic acids is 1. The summed E-state index contributed by atoms with van der Waals surface area (Å²) in [7, 11) is 0. The highest BCUT2D eigenvalue weighted by atomic mass is 16.5. The van der Waals surface area contributed by atoms with Crippen LogP contribution < -0.4 is 0 Å². The number of nitrogens with zero attached hydrogens (tertiary/aromatic N) is 2. The van der Waals surface area contributed by atoms with Gasteiger partial charge in [-0.2, -0.15) is 0 Å². The molecular weight excluding hydrogens is 300 g/mol. The predicted molar refractivity (Wildman–Crippen MR) is 95.4 cm³/mol. The van der Waals surface area contributed by atoms with E-state index in [1.54, 1.807) is 6.92 Å². The normalized spacial score (nSPS) is 10.9. The van der Waals surface area contributed by atoms with Crippen molar-refractivity contribution in [1.82, 2.24) is 9.55 Å². The molecule has 0 saturated carbocycles. The van der Waals surface area contributed by atoms with Crippen LogP contribution in [0.3, 0.4) is 0 Å². The van der Waals surface area contributed by atoms with Crippen LogP contribution in [0.4, 0.5) is 0 Å². The first-order valence-electron chi connectivity index (χ1n) is 8.44. The zero-order chi connectivity index (χ0) is 16.9. The fraction of sp³-hybridized carbons (Fsp3) is 0.300. The quantitative estimate of drug-likeness (QED) is 0.642. The van der Waals surface area contributed by atoms with Gasteiger partial charge in [-0.3, -0.25) is 9.36 Å². The Hall–Kier alpha value is -2.62. The maximum atomic E-state index is 11.2. The molecule has 24 heavy (non-hydrogen) atoms. The summed E-state index contributed by atoms with van der Waals surface area (Å²) in [5.41, 5.74) is 4.41. The van der Waals surface area contributed by atoms with E-state index < -0.39 is 0 Å². The van der Waals surface area contributed by atoms with Crippen molar-refractivity contribution in [2.75, 3.05) is 6.61 Å². The lowest BCUT2D eigenvalue weighted by Crippen LogP contribution is -2.06. The second-order valence-corrected chi connectivity index (χ2v) is 5.70. The van der Waals surface area contributed by atoms with Gasteiger partial charge in [0.25, 0.3) is 0 Å². The molecule has 1 aromatic heterocycles. The van der Waals surface area contributed by atoms with Crippen LogP contribution in [0.5, 0.6) is 0 Å². The molecule has 0 atom stereocenters. The molecule has 0 aliphatic carbocycles. The first-order chi connectivity index (χ1) is 11.7. The minimum Gasteiger partial charge on any atom is -0.465 e. The van der Waals surface area contributed by atoms with E-state index in [4.69, 9.17) is 9.72 Å². The van der Waals surface area contributed by atoms with E-state index in [1.807, 2.05) is 18.2 Å². The third-order valence-corrected chi connectivity index (χ3v) is 4.08. The molecule has 0 saturated heterocycles. The maximum absolute atomic E-state index is 11.2. The van der Waals surface area contributed by atoms with Crippen LogP contribution in [-0.4, -0.2) is 22.1 Å². The number of para-hydroxylation sites is 2. The van der Waals surface area contributed by atoms with Gasteiger partial charge >= 0.3 is 5.97 Å². The smallest absolute Gasteiger partial charge is 0.305 e. The second-order valence-electron chi connectivity index (χ2n) is 5.70. The van der Waals surface area contributed by atoms with Gasteiger partial charge in [-0.1, -0.05) is 38.1 Å². The van der Waals surface area contributed by atoms with E-state index in [0.29, 0.717) is 13.0 Å². The summed E-state index contributed by atoms with van der Waals surface area (Å²) in [6, 6.07) is 16.6. The van der Waals surface area contributed by atoms with Gasteiger partial charge in [-0.15, -0.1) is 0 Å². The molecule has 4 nitrogen and oxygen atoms in total. The molecule has 3 rings (SSSR count). The third-order valence-electron chi connectivity index (χ3n) is 4.08. The molecule has 0 spiro atoms. The summed E-state index contributed by atoms with van der Waals surface area (Å²) >= 11 is 0. The number of ether oxygens (including phenoxy) is 1. The van der Waals surface area contributed by atoms with E-state index in [1.165, 1.54) is 0 Å². The van der Waals surface area contributed by atoms with Gasteiger partial charge in [0.05, 0.1) is 17.6 Å². The van der Waals surface area contributed by atoms with Gasteiger partial charge in [0.15, 0.2) is 0 Å². The Kier molecular flexibility index (Phi) is 4.94.